The summed E-state index contributed by atoms with van der Waals surface area (Å²) < 4.78 is 30.3. The van der Waals surface area contributed by atoms with E-state index < -0.39 is 23.5 Å². The Kier molecular flexibility index (Phi) is 5.11. The van der Waals surface area contributed by atoms with Crippen LogP contribution >= 0.6 is 11.3 Å². The third kappa shape index (κ3) is 3.45. The molecule has 36 heavy (non-hydrogen) atoms. The average Bonchev–Trinajstić information content (AvgIpc) is 3.59. The Morgan fingerprint density at radius 1 is 1.08 bits per heavy atom. The zero-order valence-corrected chi connectivity index (χ0v) is 19.5. The van der Waals surface area contributed by atoms with Crippen molar-refractivity contribution in [3.8, 4) is 17.2 Å². The van der Waals surface area contributed by atoms with Crippen LogP contribution in [0, 0.1) is 5.82 Å². The number of anilines is 1. The second kappa shape index (κ2) is 8.35. The minimum absolute atomic E-state index is 0.0496. The Hall–Kier alpha value is -4.44. The van der Waals surface area contributed by atoms with Gasteiger partial charge in [-0.2, -0.15) is 0 Å². The zero-order valence-electron chi connectivity index (χ0n) is 18.7. The van der Waals surface area contributed by atoms with Gasteiger partial charge in [0.25, 0.3) is 5.78 Å². The first-order valence-corrected chi connectivity index (χ1v) is 11.7. The predicted octanol–water partition coefficient (Wildman–Crippen LogP) is 4.80. The molecule has 6 rings (SSSR count). The first kappa shape index (κ1) is 22.1. The maximum atomic E-state index is 13.8. The van der Waals surface area contributed by atoms with Crippen molar-refractivity contribution in [1.82, 2.24) is 4.98 Å². The summed E-state index contributed by atoms with van der Waals surface area (Å²) in [5.41, 5.74) is 1.24. The van der Waals surface area contributed by atoms with Crippen molar-refractivity contribution < 1.29 is 33.3 Å². The number of aromatic nitrogens is 1. The number of hydrogen-bond acceptors (Lipinski definition) is 8. The smallest absolute Gasteiger partial charge is 0.301 e. The van der Waals surface area contributed by atoms with E-state index in [1.807, 2.05) is 0 Å². The second-order valence-corrected chi connectivity index (χ2v) is 9.13. The highest BCUT2D eigenvalue weighted by Gasteiger charge is 2.48. The minimum Gasteiger partial charge on any atom is -0.507 e. The topological polar surface area (TPSA) is 98.2 Å². The Labute approximate surface area is 207 Å². The van der Waals surface area contributed by atoms with E-state index in [0.29, 0.717) is 38.6 Å². The number of thiazole rings is 1. The number of ether oxygens (including phenoxy) is 3. The number of fused-ring (bicyclic) bond motifs is 2. The molecular formula is C26H17FN2O6S. The number of aliphatic hydroxyl groups excluding tert-OH is 1. The van der Waals surface area contributed by atoms with Crippen LogP contribution < -0.4 is 19.1 Å². The van der Waals surface area contributed by atoms with Crippen molar-refractivity contribution in [2.75, 3.05) is 18.8 Å². The van der Waals surface area contributed by atoms with Crippen molar-refractivity contribution in [3.05, 3.63) is 83.2 Å². The van der Waals surface area contributed by atoms with E-state index >= 15 is 0 Å². The van der Waals surface area contributed by atoms with E-state index in [1.165, 1.54) is 30.2 Å². The molecule has 0 bridgehead atoms. The average molecular weight is 504 g/mol. The molecule has 0 radical (unpaired) electrons. The molecule has 3 aromatic carbocycles. The maximum absolute atomic E-state index is 13.8. The molecule has 1 aromatic heterocycles. The quantitative estimate of drug-likeness (QED) is 0.242. The number of benzene rings is 3. The van der Waals surface area contributed by atoms with Gasteiger partial charge in [-0.3, -0.25) is 14.5 Å². The van der Waals surface area contributed by atoms with Crippen LogP contribution in [0.25, 0.3) is 16.0 Å². The summed E-state index contributed by atoms with van der Waals surface area (Å²) in [6, 6.07) is 14.7. The third-order valence-electron chi connectivity index (χ3n) is 6.07. The molecule has 4 aromatic rings. The number of methoxy groups -OCH3 is 1. The summed E-state index contributed by atoms with van der Waals surface area (Å²) >= 11 is 1.08. The Bertz CT molecular complexity index is 1580. The molecule has 2 aliphatic heterocycles. The molecule has 180 valence electrons. The van der Waals surface area contributed by atoms with Crippen molar-refractivity contribution in [3.63, 3.8) is 0 Å². The molecule has 2 aliphatic rings. The summed E-state index contributed by atoms with van der Waals surface area (Å²) in [6.07, 6.45) is 0. The van der Waals surface area contributed by atoms with Crippen LogP contribution in [0.1, 0.15) is 17.2 Å². The molecule has 1 fully saturated rings. The van der Waals surface area contributed by atoms with Gasteiger partial charge in [0.1, 0.15) is 17.3 Å². The lowest BCUT2D eigenvalue weighted by Gasteiger charge is -2.23. The van der Waals surface area contributed by atoms with Gasteiger partial charge in [0, 0.05) is 5.56 Å². The lowest BCUT2D eigenvalue weighted by molar-refractivity contribution is -0.132. The molecule has 1 unspecified atom stereocenters. The predicted molar refractivity (Wildman–Crippen MR) is 130 cm³/mol. The highest BCUT2D eigenvalue weighted by atomic mass is 32.1. The Morgan fingerprint density at radius 3 is 2.64 bits per heavy atom. The van der Waals surface area contributed by atoms with Crippen molar-refractivity contribution in [2.45, 2.75) is 6.04 Å². The highest BCUT2D eigenvalue weighted by molar-refractivity contribution is 7.22. The van der Waals surface area contributed by atoms with E-state index in [4.69, 9.17) is 14.2 Å². The van der Waals surface area contributed by atoms with Gasteiger partial charge in [-0.05, 0) is 54.1 Å². The van der Waals surface area contributed by atoms with Gasteiger partial charge in [-0.1, -0.05) is 23.5 Å². The first-order valence-electron chi connectivity index (χ1n) is 10.9. The summed E-state index contributed by atoms with van der Waals surface area (Å²) in [5.74, 6) is -0.990. The van der Waals surface area contributed by atoms with Crippen LogP contribution in [0.15, 0.2) is 66.2 Å². The fraction of sp³-hybridized carbons (Fsp3) is 0.115. The lowest BCUT2D eigenvalue weighted by Crippen LogP contribution is -2.29. The molecule has 1 N–H and O–H groups in total. The van der Waals surface area contributed by atoms with Crippen LogP contribution in [0.5, 0.6) is 17.2 Å². The van der Waals surface area contributed by atoms with E-state index in [0.717, 1.165) is 11.3 Å². The van der Waals surface area contributed by atoms with Crippen molar-refractivity contribution >= 4 is 44.1 Å². The molecule has 0 saturated carbocycles. The Morgan fingerprint density at radius 2 is 1.86 bits per heavy atom. The molecule has 1 amide bonds. The summed E-state index contributed by atoms with van der Waals surface area (Å²) in [5, 5.41) is 11.5. The van der Waals surface area contributed by atoms with Crippen LogP contribution in [-0.4, -0.2) is 35.7 Å². The Balaban J connectivity index is 1.54. The molecule has 3 heterocycles. The molecule has 8 nitrogen and oxygen atoms in total. The van der Waals surface area contributed by atoms with Gasteiger partial charge >= 0.3 is 5.91 Å². The monoisotopic (exact) mass is 504 g/mol. The molecular weight excluding hydrogens is 487 g/mol. The number of Topliss-reactive ketones (excluding diaryl/α,β-unsaturated/α-hetero) is 1. The standard InChI is InChI=1S/C26H17FN2O6S/c1-33-16-6-2-13(3-7-16)22-21(23(30)14-4-9-18-19(10-14)35-12-34-18)24(31)25(32)29(22)26-28-17-8-5-15(27)11-20(17)36-26/h2-11,22,30H,12H2,1H3/b23-21+. The molecule has 1 saturated heterocycles. The van der Waals surface area contributed by atoms with Gasteiger partial charge in [0.15, 0.2) is 16.6 Å². The maximum Gasteiger partial charge on any atom is 0.301 e. The van der Waals surface area contributed by atoms with Gasteiger partial charge < -0.3 is 19.3 Å². The van der Waals surface area contributed by atoms with Crippen molar-refractivity contribution in [1.29, 1.82) is 0 Å². The van der Waals surface area contributed by atoms with Gasteiger partial charge in [-0.15, -0.1) is 0 Å². The number of rotatable bonds is 4. The minimum atomic E-state index is -0.980. The van der Waals surface area contributed by atoms with E-state index in [-0.39, 0.29) is 23.3 Å². The van der Waals surface area contributed by atoms with E-state index in [9.17, 15) is 19.1 Å². The van der Waals surface area contributed by atoms with Gasteiger partial charge in [-0.25, -0.2) is 9.37 Å². The highest BCUT2D eigenvalue weighted by Crippen LogP contribution is 2.45. The normalized spacial score (nSPS) is 18.3. The van der Waals surface area contributed by atoms with Gasteiger partial charge in [0.05, 0.1) is 28.9 Å². The number of carbonyl (C=O) groups excluding carboxylic acids is 2. The molecule has 0 aliphatic carbocycles. The largest absolute Gasteiger partial charge is 0.507 e. The number of hydrogen-bond donors (Lipinski definition) is 1. The number of ketones is 1. The molecule has 0 spiro atoms. The zero-order chi connectivity index (χ0) is 25.0. The van der Waals surface area contributed by atoms with Crippen LogP contribution in [0.2, 0.25) is 0 Å². The summed E-state index contributed by atoms with van der Waals surface area (Å²) in [7, 11) is 1.53. The fourth-order valence-electron chi connectivity index (χ4n) is 4.32. The first-order chi connectivity index (χ1) is 17.4. The van der Waals surface area contributed by atoms with Crippen LogP contribution in [0.3, 0.4) is 0 Å². The van der Waals surface area contributed by atoms with Crippen LogP contribution in [0.4, 0.5) is 9.52 Å². The lowest BCUT2D eigenvalue weighted by atomic mass is 9.95. The van der Waals surface area contributed by atoms with Gasteiger partial charge in [0.2, 0.25) is 6.79 Å². The van der Waals surface area contributed by atoms with Crippen LogP contribution in [-0.2, 0) is 9.59 Å². The number of amides is 1. The number of carbonyl (C=O) groups is 2. The molecule has 1 atom stereocenters. The second-order valence-electron chi connectivity index (χ2n) is 8.12. The van der Waals surface area contributed by atoms with Crippen molar-refractivity contribution in [2.24, 2.45) is 0 Å². The summed E-state index contributed by atoms with van der Waals surface area (Å²) in [4.78, 5) is 32.4. The fourth-order valence-corrected chi connectivity index (χ4v) is 5.34. The third-order valence-corrected chi connectivity index (χ3v) is 7.08. The molecule has 10 heteroatoms. The number of nitrogens with zero attached hydrogens (tertiary/aromatic N) is 2. The number of halogens is 1. The number of aliphatic hydroxyl groups is 1. The SMILES string of the molecule is COc1ccc(C2/C(=C(\O)c3ccc4c(c3)OCO4)C(=O)C(=O)N2c2nc3ccc(F)cc3s2)cc1. The van der Waals surface area contributed by atoms with E-state index in [1.54, 1.807) is 42.5 Å². The summed E-state index contributed by atoms with van der Waals surface area (Å²) in [6.45, 7) is 0.0496. The van der Waals surface area contributed by atoms with E-state index in [2.05, 4.69) is 4.98 Å².